The molecule has 146 valence electrons. The second-order valence-electron chi connectivity index (χ2n) is 7.41. The minimum atomic E-state index is -1.08. The summed E-state index contributed by atoms with van der Waals surface area (Å²) in [4.78, 5) is 13.9. The van der Waals surface area contributed by atoms with Gasteiger partial charge < -0.3 is 5.11 Å². The lowest BCUT2D eigenvalue weighted by Gasteiger charge is -2.15. The highest BCUT2D eigenvalue weighted by Crippen LogP contribution is 2.29. The zero-order valence-corrected chi connectivity index (χ0v) is 16.1. The first-order valence-corrected chi connectivity index (χ1v) is 9.81. The van der Waals surface area contributed by atoms with Crippen LogP contribution in [0.1, 0.15) is 28.8 Å². The summed E-state index contributed by atoms with van der Waals surface area (Å²) in [6.45, 7) is 3.37. The highest BCUT2D eigenvalue weighted by atomic mass is 16.4. The van der Waals surface area contributed by atoms with Crippen molar-refractivity contribution < 1.29 is 9.90 Å². The molecular formula is C24H23N3O2. The lowest BCUT2D eigenvalue weighted by atomic mass is 9.98. The molecule has 0 atom stereocenters. The summed E-state index contributed by atoms with van der Waals surface area (Å²) in [5.74, 6) is -1.08. The lowest BCUT2D eigenvalue weighted by Crippen LogP contribution is -2.18. The fraction of sp³-hybridized carbons (Fsp3) is 0.208. The highest BCUT2D eigenvalue weighted by molar-refractivity contribution is 5.95. The van der Waals surface area contributed by atoms with E-state index in [0.717, 1.165) is 23.2 Å². The number of hydrogen-bond donors (Lipinski definition) is 2. The van der Waals surface area contributed by atoms with E-state index in [1.54, 1.807) is 18.2 Å². The Balaban J connectivity index is 1.57. The van der Waals surface area contributed by atoms with Gasteiger partial charge in [-0.3, -0.25) is 4.90 Å². The van der Waals surface area contributed by atoms with E-state index in [2.05, 4.69) is 46.4 Å². The first-order chi connectivity index (χ1) is 14.1. The average Bonchev–Trinajstić information content (AvgIpc) is 3.26. The molecule has 3 aromatic rings. The zero-order valence-electron chi connectivity index (χ0n) is 16.1. The second-order valence-corrected chi connectivity index (χ2v) is 7.41. The highest BCUT2D eigenvalue weighted by Gasteiger charge is 2.13. The average molecular weight is 385 g/mol. The molecule has 1 aliphatic heterocycles. The number of hydrogen-bond acceptors (Lipinski definition) is 4. The van der Waals surface area contributed by atoms with Gasteiger partial charge in [0.25, 0.3) is 0 Å². The van der Waals surface area contributed by atoms with Crippen LogP contribution in [0.25, 0.3) is 22.3 Å². The first-order valence-electron chi connectivity index (χ1n) is 9.81. The molecular weight excluding hydrogens is 362 g/mol. The van der Waals surface area contributed by atoms with Crippen LogP contribution in [0.3, 0.4) is 0 Å². The van der Waals surface area contributed by atoms with Crippen LogP contribution in [0.4, 0.5) is 5.69 Å². The largest absolute Gasteiger partial charge is 0.478 e. The molecule has 5 heteroatoms. The topological polar surface area (TPSA) is 76.8 Å². The molecule has 4 rings (SSSR count). The third kappa shape index (κ3) is 4.25. The van der Waals surface area contributed by atoms with Crippen LogP contribution in [-0.4, -0.2) is 29.1 Å². The third-order valence-corrected chi connectivity index (χ3v) is 5.43. The molecule has 0 aliphatic carbocycles. The molecule has 0 radical (unpaired) electrons. The van der Waals surface area contributed by atoms with Crippen LogP contribution < -0.4 is 0 Å². The van der Waals surface area contributed by atoms with Crippen molar-refractivity contribution >= 4 is 11.7 Å². The molecule has 1 heterocycles. The molecule has 1 saturated heterocycles. The number of aromatic carboxylic acids is 1. The number of carboxylic acid groups (broad SMARTS) is 1. The van der Waals surface area contributed by atoms with Gasteiger partial charge >= 0.3 is 5.97 Å². The Morgan fingerprint density at radius 2 is 1.52 bits per heavy atom. The molecule has 0 bridgehead atoms. The van der Waals surface area contributed by atoms with E-state index in [-0.39, 0.29) is 11.3 Å². The maximum Gasteiger partial charge on any atom is 0.337 e. The summed E-state index contributed by atoms with van der Waals surface area (Å²) in [5.41, 5.74) is 12.7. The van der Waals surface area contributed by atoms with E-state index in [4.69, 9.17) is 5.53 Å². The van der Waals surface area contributed by atoms with E-state index in [1.807, 2.05) is 12.1 Å². The van der Waals surface area contributed by atoms with Gasteiger partial charge in [0, 0.05) is 6.54 Å². The normalized spacial score (nSPS) is 14.1. The molecule has 0 unspecified atom stereocenters. The lowest BCUT2D eigenvalue weighted by molar-refractivity contribution is 0.0697. The van der Waals surface area contributed by atoms with Gasteiger partial charge in [0.1, 0.15) is 0 Å². The fourth-order valence-corrected chi connectivity index (χ4v) is 3.89. The van der Waals surface area contributed by atoms with Gasteiger partial charge in [-0.15, -0.1) is 0 Å². The Morgan fingerprint density at radius 3 is 2.14 bits per heavy atom. The van der Waals surface area contributed by atoms with Gasteiger partial charge in [0.2, 0.25) is 0 Å². The van der Waals surface area contributed by atoms with Crippen molar-refractivity contribution in [2.24, 2.45) is 5.11 Å². The van der Waals surface area contributed by atoms with E-state index in [0.29, 0.717) is 0 Å². The van der Waals surface area contributed by atoms with E-state index in [1.165, 1.54) is 37.1 Å². The fourth-order valence-electron chi connectivity index (χ4n) is 3.89. The van der Waals surface area contributed by atoms with Crippen LogP contribution in [0.15, 0.2) is 71.8 Å². The first kappa shape index (κ1) is 19.0. The Labute approximate surface area is 170 Å². The van der Waals surface area contributed by atoms with Crippen molar-refractivity contribution in [1.82, 2.24) is 4.90 Å². The maximum absolute atomic E-state index is 11.4. The molecule has 3 aromatic carbocycles. The number of carbonyl (C=O) groups is 1. The van der Waals surface area contributed by atoms with Gasteiger partial charge in [-0.2, -0.15) is 5.11 Å². The molecule has 5 nitrogen and oxygen atoms in total. The van der Waals surface area contributed by atoms with Crippen molar-refractivity contribution in [3.05, 3.63) is 77.9 Å². The van der Waals surface area contributed by atoms with Crippen molar-refractivity contribution in [3.8, 4) is 22.3 Å². The number of likely N-dealkylation sites (tertiary alicyclic amines) is 1. The molecule has 0 aromatic heterocycles. The summed E-state index contributed by atoms with van der Waals surface area (Å²) in [7, 11) is 0. The second kappa shape index (κ2) is 8.37. The maximum atomic E-state index is 11.4. The van der Waals surface area contributed by atoms with Gasteiger partial charge in [0.05, 0.1) is 11.3 Å². The summed E-state index contributed by atoms with van der Waals surface area (Å²) in [5, 5.41) is 12.6. The molecule has 1 fully saturated rings. The number of nitrogens with one attached hydrogen (secondary N) is 1. The number of benzene rings is 3. The number of nitrogens with zero attached hydrogens (tertiary/aromatic N) is 2. The van der Waals surface area contributed by atoms with Crippen molar-refractivity contribution in [3.63, 3.8) is 0 Å². The van der Waals surface area contributed by atoms with Crippen LogP contribution in [0.5, 0.6) is 0 Å². The van der Waals surface area contributed by atoms with Crippen molar-refractivity contribution in [2.45, 2.75) is 19.4 Å². The van der Waals surface area contributed by atoms with Crippen molar-refractivity contribution in [1.29, 1.82) is 5.53 Å². The van der Waals surface area contributed by atoms with Crippen LogP contribution in [-0.2, 0) is 6.54 Å². The van der Waals surface area contributed by atoms with E-state index >= 15 is 0 Å². The zero-order chi connectivity index (χ0) is 20.2. The van der Waals surface area contributed by atoms with Gasteiger partial charge in [-0.05, 0) is 71.9 Å². The molecule has 2 N–H and O–H groups in total. The number of carboxylic acids is 1. The summed E-state index contributed by atoms with van der Waals surface area (Å²) < 4.78 is 0. The Hall–Kier alpha value is -3.31. The molecule has 0 spiro atoms. The van der Waals surface area contributed by atoms with Crippen LogP contribution in [0.2, 0.25) is 0 Å². The van der Waals surface area contributed by atoms with Crippen molar-refractivity contribution in [2.75, 3.05) is 13.1 Å². The Kier molecular flexibility index (Phi) is 5.49. The minimum Gasteiger partial charge on any atom is -0.478 e. The standard InChI is InChI=1S/C24H23N3O2/c25-26-23-11-10-21(15-22(23)24(28)29)19-8-6-18(7-9-19)20-5-3-4-17(14-20)16-27-12-1-2-13-27/h3-11,14-15,25H,1-2,12-13,16H2,(H,28,29). The summed E-state index contributed by atoms with van der Waals surface area (Å²) in [6, 6.07) is 21.7. The summed E-state index contributed by atoms with van der Waals surface area (Å²) >= 11 is 0. The number of rotatable bonds is 6. The molecule has 1 aliphatic rings. The smallest absolute Gasteiger partial charge is 0.337 e. The monoisotopic (exact) mass is 385 g/mol. The van der Waals surface area contributed by atoms with Crippen LogP contribution in [0, 0.1) is 5.53 Å². The quantitative estimate of drug-likeness (QED) is 0.513. The molecule has 0 saturated carbocycles. The van der Waals surface area contributed by atoms with Gasteiger partial charge in [-0.25, -0.2) is 10.3 Å². The predicted octanol–water partition coefficient (Wildman–Crippen LogP) is 5.98. The Bertz CT molecular complexity index is 1040. The molecule has 0 amide bonds. The minimum absolute atomic E-state index is 0.0381. The van der Waals surface area contributed by atoms with Gasteiger partial charge in [0.15, 0.2) is 0 Å². The van der Waals surface area contributed by atoms with E-state index in [9.17, 15) is 9.90 Å². The van der Waals surface area contributed by atoms with Gasteiger partial charge in [-0.1, -0.05) is 48.5 Å². The predicted molar refractivity (Wildman–Crippen MR) is 114 cm³/mol. The Morgan fingerprint density at radius 1 is 0.897 bits per heavy atom. The SMILES string of the molecule is N=Nc1ccc(-c2ccc(-c3cccc(CN4CCCC4)c3)cc2)cc1C(=O)O. The van der Waals surface area contributed by atoms with Crippen LogP contribution >= 0.6 is 0 Å². The molecule has 29 heavy (non-hydrogen) atoms. The summed E-state index contributed by atoms with van der Waals surface area (Å²) in [6.07, 6.45) is 2.59. The third-order valence-electron chi connectivity index (χ3n) is 5.43. The van der Waals surface area contributed by atoms with E-state index < -0.39 is 5.97 Å².